The molecule has 12 heteroatoms. The lowest BCUT2D eigenvalue weighted by Gasteiger charge is -2.60. The number of hydrogen-bond donors (Lipinski definition) is 2. The van der Waals surface area contributed by atoms with Crippen molar-refractivity contribution in [1.29, 1.82) is 5.26 Å². The Morgan fingerprint density at radius 2 is 1.71 bits per heavy atom. The number of aliphatic hydroxyl groups is 2. The highest BCUT2D eigenvalue weighted by Gasteiger charge is 2.65. The van der Waals surface area contributed by atoms with Gasteiger partial charge in [0.1, 0.15) is 35.7 Å². The molecule has 6 unspecified atom stereocenters. The molecule has 1 aliphatic heterocycles. The maximum Gasteiger partial charge on any atom is 0.254 e. The average molecular weight is 874 g/mol. The smallest absolute Gasteiger partial charge is 0.254 e. The number of unbranched alkanes of at least 4 members (excludes halogenated alkanes) is 2. The summed E-state index contributed by atoms with van der Waals surface area (Å²) in [7, 11) is 0. The zero-order valence-corrected chi connectivity index (χ0v) is 36.8. The standard InChI is InChI=1S/C51H56FN3O7S/c1-4-28-59-51-47(55(33-35-14-18-38(52)19-15-35)50(58)36-16-12-34(32-53)13-17-36)31-45(54-60-5-2)43-29-37(10-6-8-26-56)42(11-7-9-27-57)48(49(43)51)44-30-40(22-25-46(44)62-51)61-39-20-23-41(63-3)24-21-39/h4,12-25,29-30,37,42,47-49,56-57H,1,5-11,26-28,31,33H2,2-3H3. The Bertz CT molecular complexity index is 2300. The molecule has 4 aromatic rings. The summed E-state index contributed by atoms with van der Waals surface area (Å²) in [5.74, 6) is -1.03. The first-order valence-electron chi connectivity index (χ1n) is 21.8. The Labute approximate surface area is 374 Å². The Kier molecular flexibility index (Phi) is 15.4. The van der Waals surface area contributed by atoms with Gasteiger partial charge in [-0.15, -0.1) is 18.3 Å². The van der Waals surface area contributed by atoms with Gasteiger partial charge >= 0.3 is 0 Å². The van der Waals surface area contributed by atoms with E-state index in [1.807, 2.05) is 49.6 Å². The lowest BCUT2D eigenvalue weighted by atomic mass is 9.55. The van der Waals surface area contributed by atoms with Gasteiger partial charge < -0.3 is 34.2 Å². The molecule has 2 aliphatic carbocycles. The molecule has 10 nitrogen and oxygen atoms in total. The summed E-state index contributed by atoms with van der Waals surface area (Å²) >= 11 is 1.66. The number of halogens is 1. The molecule has 1 heterocycles. The van der Waals surface area contributed by atoms with Crippen LogP contribution in [0.4, 0.5) is 4.39 Å². The highest BCUT2D eigenvalue weighted by atomic mass is 32.2. The number of allylic oxidation sites excluding steroid dienone is 1. The van der Waals surface area contributed by atoms with E-state index in [0.29, 0.717) is 59.1 Å². The van der Waals surface area contributed by atoms with Crippen LogP contribution in [0.15, 0.2) is 125 Å². The fraction of sp³-hybridized carbons (Fsp3) is 0.392. The lowest BCUT2D eigenvalue weighted by Crippen LogP contribution is -2.70. The van der Waals surface area contributed by atoms with Crippen LogP contribution in [0.5, 0.6) is 17.2 Å². The molecule has 6 atom stereocenters. The van der Waals surface area contributed by atoms with E-state index >= 15 is 4.79 Å². The number of nitriles is 1. The molecule has 0 spiro atoms. The number of amides is 1. The largest absolute Gasteiger partial charge is 0.459 e. The molecule has 0 aromatic heterocycles. The van der Waals surface area contributed by atoms with Crippen LogP contribution in [0.3, 0.4) is 0 Å². The molecule has 1 saturated carbocycles. The molecule has 0 saturated heterocycles. The minimum atomic E-state index is -1.51. The summed E-state index contributed by atoms with van der Waals surface area (Å²) < 4.78 is 35.4. The third-order valence-corrected chi connectivity index (χ3v) is 13.2. The number of thioether (sulfide) groups is 1. The first-order chi connectivity index (χ1) is 30.8. The first-order valence-corrected chi connectivity index (χ1v) is 23.1. The average Bonchev–Trinajstić information content (AvgIpc) is 3.31. The molecule has 330 valence electrons. The molecule has 3 aliphatic rings. The summed E-state index contributed by atoms with van der Waals surface area (Å²) in [4.78, 5) is 24.0. The fourth-order valence-corrected chi connectivity index (χ4v) is 10.0. The topological polar surface area (TPSA) is 134 Å². The van der Waals surface area contributed by atoms with Gasteiger partial charge in [-0.1, -0.05) is 42.3 Å². The van der Waals surface area contributed by atoms with Gasteiger partial charge in [0.2, 0.25) is 5.79 Å². The highest BCUT2D eigenvalue weighted by molar-refractivity contribution is 7.98. The van der Waals surface area contributed by atoms with Crippen molar-refractivity contribution in [2.75, 3.05) is 32.7 Å². The maximum absolute atomic E-state index is 15.2. The molecular weight excluding hydrogens is 818 g/mol. The van der Waals surface area contributed by atoms with Crippen molar-refractivity contribution < 1.29 is 38.4 Å². The second-order valence-corrected chi connectivity index (χ2v) is 17.1. The van der Waals surface area contributed by atoms with Crippen LogP contribution >= 0.6 is 11.8 Å². The summed E-state index contributed by atoms with van der Waals surface area (Å²) in [6.45, 7) is 6.56. The summed E-state index contributed by atoms with van der Waals surface area (Å²) in [5, 5.41) is 34.3. The second kappa shape index (κ2) is 21.3. The third kappa shape index (κ3) is 10.0. The third-order valence-electron chi connectivity index (χ3n) is 12.4. The Hall–Kier alpha value is -5.45. The number of nitrogens with zero attached hydrogens (tertiary/aromatic N) is 3. The van der Waals surface area contributed by atoms with Gasteiger partial charge in [0.25, 0.3) is 5.91 Å². The highest BCUT2D eigenvalue weighted by Crippen LogP contribution is 2.62. The summed E-state index contributed by atoms with van der Waals surface area (Å²) in [6.07, 6.45) is 10.7. The maximum atomic E-state index is 15.2. The predicted octanol–water partition coefficient (Wildman–Crippen LogP) is 10.2. The van der Waals surface area contributed by atoms with Crippen LogP contribution in [0.25, 0.3) is 0 Å². The molecule has 0 bridgehead atoms. The van der Waals surface area contributed by atoms with Crippen LogP contribution in [0.2, 0.25) is 0 Å². The van der Waals surface area contributed by atoms with Crippen LogP contribution in [0, 0.1) is 34.9 Å². The molecule has 4 aromatic carbocycles. The molecule has 1 amide bonds. The summed E-state index contributed by atoms with van der Waals surface area (Å²) in [6, 6.07) is 27.8. The Morgan fingerprint density at radius 1 is 1.00 bits per heavy atom. The van der Waals surface area contributed by atoms with E-state index in [4.69, 9.17) is 24.2 Å². The van der Waals surface area contributed by atoms with E-state index in [1.54, 1.807) is 59.1 Å². The monoisotopic (exact) mass is 873 g/mol. The number of fused-ring (bicyclic) bond motifs is 2. The van der Waals surface area contributed by atoms with E-state index in [-0.39, 0.29) is 56.4 Å². The molecule has 1 fully saturated rings. The van der Waals surface area contributed by atoms with E-state index < -0.39 is 23.6 Å². The SMILES string of the molecule is C=CCOC12Oc3ccc(Oc4ccc(SC)cc4)cc3C3C(CCCCO)C(CCCCO)C=C(C(=NOCC)CC1N(Cc1ccc(F)cc1)C(=O)c1ccc(C#N)cc1)C32. The van der Waals surface area contributed by atoms with Gasteiger partial charge in [0, 0.05) is 48.1 Å². The van der Waals surface area contributed by atoms with Crippen LogP contribution in [-0.2, 0) is 16.1 Å². The number of hydrogen-bond acceptors (Lipinski definition) is 10. The zero-order chi connectivity index (χ0) is 44.3. The van der Waals surface area contributed by atoms with Crippen LogP contribution in [0.1, 0.15) is 84.8 Å². The summed E-state index contributed by atoms with van der Waals surface area (Å²) in [5.41, 5.74) is 3.98. The Morgan fingerprint density at radius 3 is 2.38 bits per heavy atom. The van der Waals surface area contributed by atoms with E-state index in [1.165, 1.54) is 12.1 Å². The number of carbonyl (C=O) groups excluding carboxylic acids is 1. The van der Waals surface area contributed by atoms with Gasteiger partial charge in [-0.2, -0.15) is 5.26 Å². The number of benzene rings is 4. The zero-order valence-electron chi connectivity index (χ0n) is 36.0. The fourth-order valence-electron chi connectivity index (χ4n) is 9.60. The first kappa shape index (κ1) is 45.6. The van der Waals surface area contributed by atoms with Gasteiger partial charge in [0.15, 0.2) is 0 Å². The van der Waals surface area contributed by atoms with Crippen LogP contribution in [-0.4, -0.2) is 71.2 Å². The molecule has 63 heavy (non-hydrogen) atoms. The Balaban J connectivity index is 1.47. The van der Waals surface area contributed by atoms with Gasteiger partial charge in [-0.25, -0.2) is 4.39 Å². The van der Waals surface area contributed by atoms with Gasteiger partial charge in [0.05, 0.1) is 29.9 Å². The van der Waals surface area contributed by atoms with Crippen molar-refractivity contribution in [3.63, 3.8) is 0 Å². The van der Waals surface area contributed by atoms with E-state index in [2.05, 4.69) is 24.8 Å². The minimum absolute atomic E-state index is 0.0151. The van der Waals surface area contributed by atoms with Crippen LogP contribution < -0.4 is 9.47 Å². The normalized spacial score (nSPS) is 22.8. The number of rotatable bonds is 20. The molecule has 7 rings (SSSR count). The number of oxime groups is 1. The van der Waals surface area contributed by atoms with Crippen molar-refractivity contribution in [3.8, 4) is 23.3 Å². The second-order valence-electron chi connectivity index (χ2n) is 16.2. The van der Waals surface area contributed by atoms with Crippen molar-refractivity contribution in [2.24, 2.45) is 22.9 Å². The quantitative estimate of drug-likeness (QED) is 0.0385. The lowest BCUT2D eigenvalue weighted by molar-refractivity contribution is -0.255. The number of aliphatic hydroxyl groups excluding tert-OH is 2. The number of ether oxygens (including phenoxy) is 3. The predicted molar refractivity (Wildman–Crippen MR) is 242 cm³/mol. The van der Waals surface area contributed by atoms with E-state index in [0.717, 1.165) is 41.7 Å². The number of carbonyl (C=O) groups is 1. The van der Waals surface area contributed by atoms with Gasteiger partial charge in [-0.05, 0) is 141 Å². The van der Waals surface area contributed by atoms with Crippen molar-refractivity contribution >= 4 is 23.4 Å². The van der Waals surface area contributed by atoms with Gasteiger partial charge in [-0.3, -0.25) is 4.79 Å². The van der Waals surface area contributed by atoms with E-state index in [9.17, 15) is 19.9 Å². The molecule has 0 radical (unpaired) electrons. The molecule has 2 N–H and O–H groups in total. The molecular formula is C51H56FN3O7S. The van der Waals surface area contributed by atoms with Crippen molar-refractivity contribution in [1.82, 2.24) is 4.90 Å². The van der Waals surface area contributed by atoms with Crippen molar-refractivity contribution in [3.05, 3.63) is 143 Å². The minimum Gasteiger partial charge on any atom is -0.459 e. The van der Waals surface area contributed by atoms with Crippen molar-refractivity contribution in [2.45, 2.75) is 81.1 Å².